The third kappa shape index (κ3) is 4.21. The van der Waals surface area contributed by atoms with Gasteiger partial charge in [-0.2, -0.15) is 14.6 Å². The Labute approximate surface area is 191 Å². The Morgan fingerprint density at radius 3 is 2.88 bits per heavy atom. The molecule has 0 amide bonds. The Morgan fingerprint density at radius 1 is 1.30 bits per heavy atom. The van der Waals surface area contributed by atoms with Gasteiger partial charge in [-0.1, -0.05) is 0 Å². The topological polar surface area (TPSA) is 117 Å². The highest BCUT2D eigenvalue weighted by Gasteiger charge is 2.25. The van der Waals surface area contributed by atoms with Crippen LogP contribution in [0.25, 0.3) is 16.9 Å². The van der Waals surface area contributed by atoms with Crippen molar-refractivity contribution < 1.29 is 9.47 Å². The molecule has 4 aromatic rings. The molecule has 1 aliphatic carbocycles. The van der Waals surface area contributed by atoms with Crippen LogP contribution < -0.4 is 15.8 Å². The number of nitrogens with zero attached hydrogens (tertiary/aromatic N) is 6. The first-order chi connectivity index (χ1) is 16.0. The Morgan fingerprint density at radius 2 is 2.15 bits per heavy atom. The zero-order valence-corrected chi connectivity index (χ0v) is 19.0. The lowest BCUT2D eigenvalue weighted by atomic mass is 9.96. The number of ether oxygens (including phenoxy) is 2. The maximum absolute atomic E-state index is 6.37. The number of hydrogen-bond donors (Lipinski definition) is 2. The number of rotatable bonds is 8. The minimum atomic E-state index is -0.171. The summed E-state index contributed by atoms with van der Waals surface area (Å²) in [6.45, 7) is 6.52. The predicted octanol–water partition coefficient (Wildman–Crippen LogP) is 4.11. The van der Waals surface area contributed by atoms with Gasteiger partial charge in [-0.3, -0.25) is 0 Å². The number of nitrogens with one attached hydrogen (secondary N) is 1. The van der Waals surface area contributed by atoms with Crippen LogP contribution in [0.2, 0.25) is 0 Å². The Balaban J connectivity index is 1.53. The van der Waals surface area contributed by atoms with E-state index in [2.05, 4.69) is 20.5 Å². The van der Waals surface area contributed by atoms with Crippen molar-refractivity contribution in [3.63, 3.8) is 0 Å². The molecule has 0 aliphatic heterocycles. The van der Waals surface area contributed by atoms with Crippen molar-refractivity contribution in [2.24, 2.45) is 0 Å². The van der Waals surface area contributed by atoms with Gasteiger partial charge in [-0.25, -0.2) is 9.67 Å². The zero-order valence-electron chi connectivity index (χ0n) is 19.0. The number of aryl methyl sites for hydroxylation is 1. The van der Waals surface area contributed by atoms with Gasteiger partial charge in [0.15, 0.2) is 5.75 Å². The summed E-state index contributed by atoms with van der Waals surface area (Å²) in [5, 5.41) is 12.3. The molecule has 1 aromatic carbocycles. The fourth-order valence-electron chi connectivity index (χ4n) is 3.78. The van der Waals surface area contributed by atoms with E-state index in [-0.39, 0.29) is 12.3 Å². The Bertz CT molecular complexity index is 1280. The van der Waals surface area contributed by atoms with E-state index in [0.29, 0.717) is 35.3 Å². The van der Waals surface area contributed by atoms with Crippen molar-refractivity contribution >= 4 is 23.0 Å². The van der Waals surface area contributed by atoms with Gasteiger partial charge in [-0.05, 0) is 63.8 Å². The lowest BCUT2D eigenvalue weighted by molar-refractivity contribution is 0.0160. The van der Waals surface area contributed by atoms with Crippen LogP contribution in [0.4, 0.5) is 17.3 Å². The molecule has 0 bridgehead atoms. The van der Waals surface area contributed by atoms with E-state index in [4.69, 9.17) is 20.2 Å². The molecule has 3 N–H and O–H groups in total. The van der Waals surface area contributed by atoms with E-state index in [1.165, 1.54) is 0 Å². The fraction of sp³-hybridized carbons (Fsp3) is 0.391. The molecule has 1 unspecified atom stereocenters. The number of fused-ring (bicyclic) bond motifs is 1. The first-order valence-corrected chi connectivity index (χ1v) is 11.2. The van der Waals surface area contributed by atoms with Gasteiger partial charge >= 0.3 is 0 Å². The maximum atomic E-state index is 6.37. The van der Waals surface area contributed by atoms with Gasteiger partial charge in [0.25, 0.3) is 0 Å². The number of aromatic nitrogens is 6. The Kier molecular flexibility index (Phi) is 5.59. The molecule has 0 saturated heterocycles. The van der Waals surface area contributed by atoms with Crippen LogP contribution in [0.3, 0.4) is 0 Å². The predicted molar refractivity (Wildman–Crippen MR) is 125 cm³/mol. The largest absolute Gasteiger partial charge is 0.484 e. The molecule has 1 fully saturated rings. The smallest absolute Gasteiger partial charge is 0.247 e. The molecule has 3 aromatic heterocycles. The molecule has 10 heteroatoms. The molecule has 1 atom stereocenters. The van der Waals surface area contributed by atoms with Gasteiger partial charge in [0.2, 0.25) is 11.6 Å². The minimum Gasteiger partial charge on any atom is -0.484 e. The highest BCUT2D eigenvalue weighted by molar-refractivity contribution is 5.74. The molecule has 0 spiro atoms. The summed E-state index contributed by atoms with van der Waals surface area (Å²) in [4.78, 5) is 9.39. The van der Waals surface area contributed by atoms with Crippen molar-refractivity contribution in [1.82, 2.24) is 29.4 Å². The van der Waals surface area contributed by atoms with E-state index in [1.807, 2.05) is 45.2 Å². The number of nitrogens with two attached hydrogens (primary N) is 1. The van der Waals surface area contributed by atoms with Crippen molar-refractivity contribution in [3.05, 3.63) is 42.5 Å². The molecule has 10 nitrogen and oxygen atoms in total. The molecule has 1 saturated carbocycles. The quantitative estimate of drug-likeness (QED) is 0.387. The average Bonchev–Trinajstić information content (AvgIpc) is 3.40. The maximum Gasteiger partial charge on any atom is 0.247 e. The summed E-state index contributed by atoms with van der Waals surface area (Å²) in [7, 11) is 0. The summed E-state index contributed by atoms with van der Waals surface area (Å²) < 4.78 is 15.4. The monoisotopic (exact) mass is 448 g/mol. The third-order valence-electron chi connectivity index (χ3n) is 5.83. The molecular formula is C23H28N8O2. The van der Waals surface area contributed by atoms with Crippen LogP contribution in [-0.4, -0.2) is 42.1 Å². The van der Waals surface area contributed by atoms with Gasteiger partial charge in [0.1, 0.15) is 18.2 Å². The first kappa shape index (κ1) is 21.2. The summed E-state index contributed by atoms with van der Waals surface area (Å²) >= 11 is 0. The van der Waals surface area contributed by atoms with Gasteiger partial charge in [-0.15, -0.1) is 5.10 Å². The summed E-state index contributed by atoms with van der Waals surface area (Å²) in [6, 6.07) is 5.67. The van der Waals surface area contributed by atoms with Crippen LogP contribution in [0, 0.1) is 6.92 Å². The molecule has 0 radical (unpaired) electrons. The van der Waals surface area contributed by atoms with E-state index in [0.717, 1.165) is 36.1 Å². The van der Waals surface area contributed by atoms with Crippen molar-refractivity contribution in [2.75, 3.05) is 17.7 Å². The number of benzene rings is 1. The zero-order chi connectivity index (χ0) is 22.9. The highest BCUT2D eigenvalue weighted by Crippen LogP contribution is 2.36. The fourth-order valence-corrected chi connectivity index (χ4v) is 3.78. The third-order valence-corrected chi connectivity index (χ3v) is 5.83. The molecule has 33 heavy (non-hydrogen) atoms. The molecular weight excluding hydrogens is 420 g/mol. The van der Waals surface area contributed by atoms with Crippen LogP contribution in [-0.2, 0) is 4.74 Å². The second kappa shape index (κ2) is 8.70. The SMILES string of the molecule is CCOC(C)n1cc(-c2ncn3nc(Nc4ccc(N)cc4C)nc3c2OC2CCC2)cn1. The van der Waals surface area contributed by atoms with Crippen molar-refractivity contribution in [3.8, 4) is 17.0 Å². The average molecular weight is 449 g/mol. The van der Waals surface area contributed by atoms with Crippen molar-refractivity contribution in [2.45, 2.75) is 52.4 Å². The van der Waals surface area contributed by atoms with E-state index in [1.54, 1.807) is 21.7 Å². The second-order valence-corrected chi connectivity index (χ2v) is 8.26. The summed E-state index contributed by atoms with van der Waals surface area (Å²) in [5.74, 6) is 1.07. The first-order valence-electron chi connectivity index (χ1n) is 11.2. The van der Waals surface area contributed by atoms with Crippen LogP contribution in [0.5, 0.6) is 5.75 Å². The normalized spacial score (nSPS) is 14.9. The van der Waals surface area contributed by atoms with E-state index in [9.17, 15) is 0 Å². The van der Waals surface area contributed by atoms with Gasteiger partial charge in [0.05, 0.1) is 12.3 Å². The number of anilines is 3. The molecule has 5 rings (SSSR count). The Hall–Kier alpha value is -3.66. The molecule has 3 heterocycles. The van der Waals surface area contributed by atoms with E-state index >= 15 is 0 Å². The second-order valence-electron chi connectivity index (χ2n) is 8.26. The van der Waals surface area contributed by atoms with Gasteiger partial charge < -0.3 is 20.5 Å². The summed E-state index contributed by atoms with van der Waals surface area (Å²) in [6.07, 6.45) is 8.52. The molecule has 172 valence electrons. The number of nitrogen functional groups attached to an aromatic ring is 1. The van der Waals surface area contributed by atoms with Gasteiger partial charge in [0, 0.05) is 29.7 Å². The van der Waals surface area contributed by atoms with Crippen molar-refractivity contribution in [1.29, 1.82) is 0 Å². The highest BCUT2D eigenvalue weighted by atomic mass is 16.5. The lowest BCUT2D eigenvalue weighted by Crippen LogP contribution is -2.25. The number of hydrogen-bond acceptors (Lipinski definition) is 8. The minimum absolute atomic E-state index is 0.154. The van der Waals surface area contributed by atoms with Crippen LogP contribution in [0.15, 0.2) is 36.9 Å². The van der Waals surface area contributed by atoms with E-state index < -0.39 is 0 Å². The summed E-state index contributed by atoms with van der Waals surface area (Å²) in [5.41, 5.74) is 10.6. The standard InChI is InChI=1S/C23H28N8O2/c1-4-32-15(3)30-12-16(11-26-30)20-21(33-18-6-5-7-18)22-28-23(29-31(22)13-25-20)27-19-9-8-17(24)10-14(19)2/h8-13,15,18H,4-7,24H2,1-3H3,(H,27,29). The molecule has 1 aliphatic rings. The lowest BCUT2D eigenvalue weighted by Gasteiger charge is -2.27. The van der Waals surface area contributed by atoms with Crippen LogP contribution in [0.1, 0.15) is 44.9 Å². The van der Waals surface area contributed by atoms with Crippen LogP contribution >= 0.6 is 0 Å².